The van der Waals surface area contributed by atoms with Gasteiger partial charge in [0, 0.05) is 5.56 Å². The summed E-state index contributed by atoms with van der Waals surface area (Å²) in [5, 5.41) is 0.897. The number of carbonyl (C=O) groups excluding carboxylic acids is 1. The third-order valence-electron chi connectivity index (χ3n) is 7.50. The Labute approximate surface area is 289 Å². The fourth-order valence-electron chi connectivity index (χ4n) is 5.34. The van der Waals surface area contributed by atoms with E-state index in [0.29, 0.717) is 59.9 Å². The molecular formula is C37H29Cl2FN2O5S. The highest BCUT2D eigenvalue weighted by atomic mass is 35.5. The average molecular weight is 704 g/mol. The second-order valence-electron chi connectivity index (χ2n) is 10.7. The van der Waals surface area contributed by atoms with Crippen molar-refractivity contribution >= 4 is 52.3 Å². The second kappa shape index (κ2) is 14.6. The van der Waals surface area contributed by atoms with E-state index in [4.69, 9.17) is 42.4 Å². The second-order valence-corrected chi connectivity index (χ2v) is 12.5. The van der Waals surface area contributed by atoms with Gasteiger partial charge < -0.3 is 14.2 Å². The lowest BCUT2D eigenvalue weighted by Gasteiger charge is -2.25. The molecule has 2 heterocycles. The van der Waals surface area contributed by atoms with E-state index in [1.165, 1.54) is 28.0 Å². The molecule has 1 atom stereocenters. The van der Waals surface area contributed by atoms with Gasteiger partial charge in [0.25, 0.3) is 5.56 Å². The van der Waals surface area contributed by atoms with E-state index in [0.717, 1.165) is 5.56 Å². The molecule has 0 radical (unpaired) electrons. The molecule has 0 aliphatic carbocycles. The number of esters is 1. The third-order valence-corrected chi connectivity index (χ3v) is 9.23. The molecule has 1 aromatic heterocycles. The molecular weight excluding hydrogens is 674 g/mol. The minimum absolute atomic E-state index is 0.125. The molecule has 4 aromatic carbocycles. The van der Waals surface area contributed by atoms with Crippen molar-refractivity contribution in [3.63, 3.8) is 0 Å². The first-order valence-electron chi connectivity index (χ1n) is 15.1. The van der Waals surface area contributed by atoms with Crippen molar-refractivity contribution in [2.75, 3.05) is 13.2 Å². The van der Waals surface area contributed by atoms with Crippen LogP contribution in [0.1, 0.15) is 42.1 Å². The lowest BCUT2D eigenvalue weighted by atomic mass is 9.93. The number of ether oxygens (including phenoxy) is 3. The molecule has 0 amide bonds. The van der Waals surface area contributed by atoms with Crippen LogP contribution in [0, 0.1) is 5.82 Å². The number of benzene rings is 4. The van der Waals surface area contributed by atoms with Gasteiger partial charge in [0.05, 0.1) is 45.1 Å². The zero-order valence-electron chi connectivity index (χ0n) is 25.9. The van der Waals surface area contributed by atoms with Gasteiger partial charge in [-0.3, -0.25) is 9.36 Å². The molecule has 5 aromatic rings. The van der Waals surface area contributed by atoms with Gasteiger partial charge >= 0.3 is 5.97 Å². The highest BCUT2D eigenvalue weighted by Gasteiger charge is 2.35. The van der Waals surface area contributed by atoms with Gasteiger partial charge in [-0.2, -0.15) is 0 Å². The van der Waals surface area contributed by atoms with Crippen LogP contribution < -0.4 is 24.4 Å². The van der Waals surface area contributed by atoms with Crippen molar-refractivity contribution in [3.05, 3.63) is 154 Å². The van der Waals surface area contributed by atoms with E-state index < -0.39 is 17.8 Å². The molecule has 0 fully saturated rings. The molecule has 11 heteroatoms. The van der Waals surface area contributed by atoms with Crippen molar-refractivity contribution in [1.82, 2.24) is 4.57 Å². The predicted octanol–water partition coefficient (Wildman–Crippen LogP) is 7.36. The van der Waals surface area contributed by atoms with Crippen molar-refractivity contribution in [2.24, 2.45) is 4.99 Å². The first kappa shape index (κ1) is 33.2. The zero-order valence-corrected chi connectivity index (χ0v) is 28.2. The fraction of sp³-hybridized carbons (Fsp3) is 0.162. The van der Waals surface area contributed by atoms with E-state index in [2.05, 4.69) is 0 Å². The standard InChI is InChI=1S/C37H29Cl2FN2O5S/c1-3-45-30-19-22(11-17-29(30)47-21-23-10-16-27(38)28(39)18-23)20-31-35(43)42-34(25-12-14-26(40)15-13-25)32(36(44)46-4-2)33(41-37(42)48-31)24-8-6-5-7-9-24/h5-20,34H,3-4,21H2,1-2H3/b31-20-/t34-/m0/s1. The van der Waals surface area contributed by atoms with Gasteiger partial charge in [-0.15, -0.1) is 0 Å². The number of halogens is 3. The zero-order chi connectivity index (χ0) is 33.8. The number of hydrogen-bond acceptors (Lipinski definition) is 7. The maximum absolute atomic E-state index is 14.2. The van der Waals surface area contributed by atoms with E-state index in [9.17, 15) is 14.0 Å². The predicted molar refractivity (Wildman–Crippen MR) is 186 cm³/mol. The Morgan fingerprint density at radius 2 is 1.69 bits per heavy atom. The Balaban J connectivity index is 1.46. The maximum Gasteiger partial charge on any atom is 0.338 e. The molecule has 0 saturated heterocycles. The van der Waals surface area contributed by atoms with Crippen LogP contribution in [0.2, 0.25) is 10.0 Å². The van der Waals surface area contributed by atoms with Gasteiger partial charge in [0.1, 0.15) is 12.4 Å². The molecule has 7 nitrogen and oxygen atoms in total. The van der Waals surface area contributed by atoms with Crippen LogP contribution in [0.15, 0.2) is 106 Å². The molecule has 0 unspecified atom stereocenters. The summed E-state index contributed by atoms with van der Waals surface area (Å²) >= 11 is 13.4. The minimum atomic E-state index is -0.908. The number of aromatic nitrogens is 1. The molecule has 0 saturated carbocycles. The monoisotopic (exact) mass is 702 g/mol. The van der Waals surface area contributed by atoms with Gasteiger partial charge in [0.15, 0.2) is 16.3 Å². The quantitative estimate of drug-likeness (QED) is 0.142. The number of thiazole rings is 1. The Bertz CT molecular complexity index is 2200. The number of rotatable bonds is 10. The van der Waals surface area contributed by atoms with Crippen LogP contribution in [0.3, 0.4) is 0 Å². The van der Waals surface area contributed by atoms with Crippen molar-refractivity contribution < 1.29 is 23.4 Å². The van der Waals surface area contributed by atoms with Crippen molar-refractivity contribution in [3.8, 4) is 11.5 Å². The van der Waals surface area contributed by atoms with E-state index in [1.807, 2.05) is 49.4 Å². The fourth-order valence-corrected chi connectivity index (χ4v) is 6.67. The normalized spacial score (nSPS) is 14.4. The van der Waals surface area contributed by atoms with E-state index in [1.54, 1.807) is 49.4 Å². The molecule has 0 spiro atoms. The molecule has 1 aliphatic heterocycles. The van der Waals surface area contributed by atoms with Crippen LogP contribution in [-0.2, 0) is 16.1 Å². The first-order valence-corrected chi connectivity index (χ1v) is 16.7. The third kappa shape index (κ3) is 6.94. The molecule has 0 N–H and O–H groups in total. The number of nitrogens with zero attached hydrogens (tertiary/aromatic N) is 2. The Kier molecular flexibility index (Phi) is 10.1. The van der Waals surface area contributed by atoms with Gasteiger partial charge in [-0.25, -0.2) is 14.2 Å². The molecule has 6 rings (SSSR count). The van der Waals surface area contributed by atoms with E-state index in [-0.39, 0.29) is 24.3 Å². The Morgan fingerprint density at radius 3 is 2.40 bits per heavy atom. The Hall–Kier alpha value is -4.70. The summed E-state index contributed by atoms with van der Waals surface area (Å²) in [6.45, 7) is 4.34. The lowest BCUT2D eigenvalue weighted by molar-refractivity contribution is -0.138. The maximum atomic E-state index is 14.2. The molecule has 0 bridgehead atoms. The summed E-state index contributed by atoms with van der Waals surface area (Å²) in [5.74, 6) is -0.0317. The number of carbonyl (C=O) groups is 1. The SMILES string of the molecule is CCOC(=O)C1=C(c2ccccc2)N=c2s/c(=C\c3ccc(OCc4ccc(Cl)c(Cl)c4)c(OCC)c3)c(=O)n2[C@H]1c1ccc(F)cc1. The molecule has 1 aliphatic rings. The van der Waals surface area contributed by atoms with Gasteiger partial charge in [-0.05, 0) is 73.0 Å². The topological polar surface area (TPSA) is 79.1 Å². The van der Waals surface area contributed by atoms with Crippen molar-refractivity contribution in [1.29, 1.82) is 0 Å². The summed E-state index contributed by atoms with van der Waals surface area (Å²) in [7, 11) is 0. The van der Waals surface area contributed by atoms with Crippen LogP contribution in [0.25, 0.3) is 11.8 Å². The minimum Gasteiger partial charge on any atom is -0.490 e. The van der Waals surface area contributed by atoms with E-state index >= 15 is 0 Å². The first-order chi connectivity index (χ1) is 23.3. The number of fused-ring (bicyclic) bond motifs is 1. The van der Waals surface area contributed by atoms with Crippen LogP contribution in [0.4, 0.5) is 4.39 Å². The smallest absolute Gasteiger partial charge is 0.338 e. The number of hydrogen-bond donors (Lipinski definition) is 0. The van der Waals surface area contributed by atoms with Gasteiger partial charge in [0.2, 0.25) is 0 Å². The summed E-state index contributed by atoms with van der Waals surface area (Å²) in [4.78, 5) is 33.0. The molecule has 244 valence electrons. The van der Waals surface area contributed by atoms with Crippen LogP contribution >= 0.6 is 34.5 Å². The lowest BCUT2D eigenvalue weighted by Crippen LogP contribution is -2.40. The van der Waals surface area contributed by atoms with Crippen molar-refractivity contribution in [2.45, 2.75) is 26.5 Å². The molecule has 48 heavy (non-hydrogen) atoms. The summed E-state index contributed by atoms with van der Waals surface area (Å²) < 4.78 is 33.3. The highest BCUT2D eigenvalue weighted by molar-refractivity contribution is 7.07. The Morgan fingerprint density at radius 1 is 0.917 bits per heavy atom. The summed E-state index contributed by atoms with van der Waals surface area (Å²) in [6.07, 6.45) is 1.74. The van der Waals surface area contributed by atoms with Crippen LogP contribution in [-0.4, -0.2) is 23.8 Å². The largest absolute Gasteiger partial charge is 0.490 e. The van der Waals surface area contributed by atoms with Crippen LogP contribution in [0.5, 0.6) is 11.5 Å². The highest BCUT2D eigenvalue weighted by Crippen LogP contribution is 2.35. The summed E-state index contributed by atoms with van der Waals surface area (Å²) in [6, 6.07) is 24.7. The average Bonchev–Trinajstić information content (AvgIpc) is 3.40. The van der Waals surface area contributed by atoms with Gasteiger partial charge in [-0.1, -0.05) is 89.1 Å². The summed E-state index contributed by atoms with van der Waals surface area (Å²) in [5.41, 5.74) is 2.97.